The molecule has 1 aliphatic carbocycles. The summed E-state index contributed by atoms with van der Waals surface area (Å²) in [6.45, 7) is 1.65. The van der Waals surface area contributed by atoms with E-state index in [0.717, 1.165) is 32.4 Å². The number of hydrogen-bond donors (Lipinski definition) is 2. The molecule has 1 atom stereocenters. The highest BCUT2D eigenvalue weighted by molar-refractivity contribution is 5.30. The van der Waals surface area contributed by atoms with Crippen molar-refractivity contribution < 1.29 is 9.13 Å². The molecule has 2 N–H and O–H groups in total. The van der Waals surface area contributed by atoms with Crippen molar-refractivity contribution in [3.05, 3.63) is 12.0 Å². The molecule has 1 unspecified atom stereocenters. The SMILES string of the molecule is Fc1cnc(NC2CCCCC2)nc1OC1CCNC1. The van der Waals surface area contributed by atoms with Crippen molar-refractivity contribution in [3.8, 4) is 5.88 Å². The van der Waals surface area contributed by atoms with E-state index in [1.165, 1.54) is 25.5 Å². The normalized spacial score (nSPS) is 23.8. The lowest BCUT2D eigenvalue weighted by Gasteiger charge is -2.23. The van der Waals surface area contributed by atoms with Gasteiger partial charge in [-0.3, -0.25) is 0 Å². The molecule has 1 aromatic heterocycles. The standard InChI is InChI=1S/C14H21FN4O/c15-12-9-17-14(18-10-4-2-1-3-5-10)19-13(12)20-11-6-7-16-8-11/h9-11,16H,1-8H2,(H,17,18,19). The van der Waals surface area contributed by atoms with E-state index in [0.29, 0.717) is 12.0 Å². The van der Waals surface area contributed by atoms with Gasteiger partial charge in [0.1, 0.15) is 6.10 Å². The van der Waals surface area contributed by atoms with E-state index < -0.39 is 5.82 Å². The molecule has 0 radical (unpaired) electrons. The Labute approximate surface area is 118 Å². The quantitative estimate of drug-likeness (QED) is 0.884. The summed E-state index contributed by atoms with van der Waals surface area (Å²) < 4.78 is 19.3. The number of halogens is 1. The second kappa shape index (κ2) is 6.35. The van der Waals surface area contributed by atoms with Crippen LogP contribution in [0.3, 0.4) is 0 Å². The van der Waals surface area contributed by atoms with Crippen molar-refractivity contribution in [1.82, 2.24) is 15.3 Å². The first kappa shape index (κ1) is 13.5. The minimum absolute atomic E-state index is 0.00179. The van der Waals surface area contributed by atoms with Gasteiger partial charge in [-0.1, -0.05) is 19.3 Å². The molecule has 0 aromatic carbocycles. The fourth-order valence-electron chi connectivity index (χ4n) is 2.82. The van der Waals surface area contributed by atoms with Crippen molar-refractivity contribution in [1.29, 1.82) is 0 Å². The summed E-state index contributed by atoms with van der Waals surface area (Å²) in [4.78, 5) is 8.20. The van der Waals surface area contributed by atoms with Crippen LogP contribution >= 0.6 is 0 Å². The van der Waals surface area contributed by atoms with E-state index in [4.69, 9.17) is 4.74 Å². The first-order valence-electron chi connectivity index (χ1n) is 7.48. The zero-order chi connectivity index (χ0) is 13.8. The van der Waals surface area contributed by atoms with Crippen LogP contribution in [0.5, 0.6) is 5.88 Å². The van der Waals surface area contributed by atoms with Crippen LogP contribution in [0.2, 0.25) is 0 Å². The summed E-state index contributed by atoms with van der Waals surface area (Å²) >= 11 is 0. The molecule has 0 bridgehead atoms. The average Bonchev–Trinajstić information content (AvgIpc) is 2.97. The lowest BCUT2D eigenvalue weighted by Crippen LogP contribution is -2.24. The molecule has 0 amide bonds. The van der Waals surface area contributed by atoms with Gasteiger partial charge >= 0.3 is 0 Å². The van der Waals surface area contributed by atoms with Crippen LogP contribution in [0.25, 0.3) is 0 Å². The Morgan fingerprint density at radius 3 is 2.85 bits per heavy atom. The summed E-state index contributed by atoms with van der Waals surface area (Å²) in [7, 11) is 0. The van der Waals surface area contributed by atoms with E-state index in [1.54, 1.807) is 0 Å². The number of nitrogens with one attached hydrogen (secondary N) is 2. The fraction of sp³-hybridized carbons (Fsp3) is 0.714. The maximum Gasteiger partial charge on any atom is 0.255 e. The Bertz CT molecular complexity index is 445. The van der Waals surface area contributed by atoms with Crippen LogP contribution in [0.15, 0.2) is 6.20 Å². The number of rotatable bonds is 4. The predicted molar refractivity (Wildman–Crippen MR) is 74.4 cm³/mol. The van der Waals surface area contributed by atoms with Crippen LogP contribution in [-0.2, 0) is 0 Å². The van der Waals surface area contributed by atoms with Crippen LogP contribution in [-0.4, -0.2) is 35.2 Å². The van der Waals surface area contributed by atoms with Gasteiger partial charge in [0.25, 0.3) is 5.88 Å². The van der Waals surface area contributed by atoms with Gasteiger partial charge in [0.2, 0.25) is 11.8 Å². The van der Waals surface area contributed by atoms with Crippen LogP contribution in [0.4, 0.5) is 10.3 Å². The molecular formula is C14H21FN4O. The molecule has 1 aromatic rings. The number of nitrogens with zero attached hydrogens (tertiary/aromatic N) is 2. The largest absolute Gasteiger partial charge is 0.471 e. The van der Waals surface area contributed by atoms with E-state index >= 15 is 0 Å². The third kappa shape index (κ3) is 3.36. The summed E-state index contributed by atoms with van der Waals surface area (Å²) in [5, 5.41) is 6.47. The smallest absolute Gasteiger partial charge is 0.255 e. The third-order valence-electron chi connectivity index (χ3n) is 3.94. The van der Waals surface area contributed by atoms with Crippen LogP contribution < -0.4 is 15.4 Å². The van der Waals surface area contributed by atoms with Crippen molar-refractivity contribution >= 4 is 5.95 Å². The fourth-order valence-corrected chi connectivity index (χ4v) is 2.82. The van der Waals surface area contributed by atoms with E-state index in [-0.39, 0.29) is 12.0 Å². The second-order valence-corrected chi connectivity index (χ2v) is 5.56. The minimum Gasteiger partial charge on any atom is -0.471 e. The van der Waals surface area contributed by atoms with Crippen LogP contribution in [0.1, 0.15) is 38.5 Å². The summed E-state index contributed by atoms with van der Waals surface area (Å²) in [6.07, 6.45) is 8.09. The lowest BCUT2D eigenvalue weighted by atomic mass is 9.96. The maximum atomic E-state index is 13.7. The number of ether oxygens (including phenoxy) is 1. The highest BCUT2D eigenvalue weighted by Crippen LogP contribution is 2.22. The molecule has 1 aliphatic heterocycles. The summed E-state index contributed by atoms with van der Waals surface area (Å²) in [5.74, 6) is 0.0392. The highest BCUT2D eigenvalue weighted by Gasteiger charge is 2.20. The van der Waals surface area contributed by atoms with Gasteiger partial charge in [0.05, 0.1) is 6.20 Å². The number of hydrogen-bond acceptors (Lipinski definition) is 5. The lowest BCUT2D eigenvalue weighted by molar-refractivity contribution is 0.203. The van der Waals surface area contributed by atoms with Crippen molar-refractivity contribution in [2.45, 2.75) is 50.7 Å². The Morgan fingerprint density at radius 2 is 2.10 bits per heavy atom. The molecule has 2 fully saturated rings. The molecule has 3 rings (SSSR count). The van der Waals surface area contributed by atoms with Gasteiger partial charge in [-0.25, -0.2) is 4.98 Å². The molecule has 1 saturated heterocycles. The molecule has 20 heavy (non-hydrogen) atoms. The molecule has 1 saturated carbocycles. The zero-order valence-corrected chi connectivity index (χ0v) is 11.6. The predicted octanol–water partition coefficient (Wildman–Crippen LogP) is 2.10. The van der Waals surface area contributed by atoms with Gasteiger partial charge in [0.15, 0.2) is 0 Å². The Morgan fingerprint density at radius 1 is 1.25 bits per heavy atom. The molecular weight excluding hydrogens is 259 g/mol. The summed E-state index contributed by atoms with van der Waals surface area (Å²) in [6, 6.07) is 0.398. The third-order valence-corrected chi connectivity index (χ3v) is 3.94. The van der Waals surface area contributed by atoms with Gasteiger partial charge in [-0.05, 0) is 25.8 Å². The van der Waals surface area contributed by atoms with Crippen LogP contribution in [0, 0.1) is 5.82 Å². The van der Waals surface area contributed by atoms with Gasteiger partial charge in [0, 0.05) is 12.6 Å². The number of anilines is 1. The van der Waals surface area contributed by atoms with Crippen molar-refractivity contribution in [3.63, 3.8) is 0 Å². The summed E-state index contributed by atoms with van der Waals surface area (Å²) in [5.41, 5.74) is 0. The van der Waals surface area contributed by atoms with Crippen molar-refractivity contribution in [2.75, 3.05) is 18.4 Å². The van der Waals surface area contributed by atoms with Gasteiger partial charge in [-0.15, -0.1) is 0 Å². The molecule has 110 valence electrons. The second-order valence-electron chi connectivity index (χ2n) is 5.56. The Hall–Kier alpha value is -1.43. The van der Waals surface area contributed by atoms with E-state index in [2.05, 4.69) is 20.6 Å². The van der Waals surface area contributed by atoms with E-state index in [1.807, 2.05) is 0 Å². The van der Waals surface area contributed by atoms with Crippen molar-refractivity contribution in [2.24, 2.45) is 0 Å². The topological polar surface area (TPSA) is 59.1 Å². The minimum atomic E-state index is -0.494. The highest BCUT2D eigenvalue weighted by atomic mass is 19.1. The number of aromatic nitrogens is 2. The van der Waals surface area contributed by atoms with Gasteiger partial charge < -0.3 is 15.4 Å². The first-order valence-corrected chi connectivity index (χ1v) is 7.48. The molecule has 2 aliphatic rings. The monoisotopic (exact) mass is 280 g/mol. The molecule has 6 heteroatoms. The zero-order valence-electron chi connectivity index (χ0n) is 11.6. The molecule has 2 heterocycles. The average molecular weight is 280 g/mol. The van der Waals surface area contributed by atoms with E-state index in [9.17, 15) is 4.39 Å². The maximum absolute atomic E-state index is 13.7. The Balaban J connectivity index is 1.65. The molecule has 5 nitrogen and oxygen atoms in total. The van der Waals surface area contributed by atoms with Gasteiger partial charge in [-0.2, -0.15) is 9.37 Å². The molecule has 0 spiro atoms. The Kier molecular flexibility index (Phi) is 4.30. The first-order chi connectivity index (χ1) is 9.81.